The number of Topliss-reactive ketones (excluding diaryl/α,β-unsaturated/α-hetero) is 1. The molecule has 27 nitrogen and oxygen atoms in total. The number of benzene rings is 4. The molecule has 1 fully saturated rings. The van der Waals surface area contributed by atoms with Crippen molar-refractivity contribution in [3.63, 3.8) is 0 Å². The maximum atomic E-state index is 13.3. The van der Waals surface area contributed by atoms with E-state index >= 15 is 0 Å². The molecule has 0 radical (unpaired) electrons. The molecule has 7 rings (SSSR count). The van der Waals surface area contributed by atoms with Crippen LogP contribution in [0.5, 0.6) is 11.5 Å². The lowest BCUT2D eigenvalue weighted by atomic mass is 10.1. The van der Waals surface area contributed by atoms with Gasteiger partial charge in [-0.3, -0.25) is 54.0 Å². The lowest BCUT2D eigenvalue weighted by Gasteiger charge is -2.15. The number of amidine groups is 2. The Balaban J connectivity index is 0.000000365. The van der Waals surface area contributed by atoms with Crippen LogP contribution in [0.4, 0.5) is 23.0 Å². The molecule has 3 heterocycles. The molecule has 4 aromatic carbocycles. The smallest absolute Gasteiger partial charge is 0.332 e. The van der Waals surface area contributed by atoms with Crippen molar-refractivity contribution in [2.45, 2.75) is 111 Å². The number of ketones is 1. The highest BCUT2D eigenvalue weighted by molar-refractivity contribution is 6.30. The van der Waals surface area contributed by atoms with Crippen molar-refractivity contribution >= 4 is 117 Å². The Hall–Kier alpha value is -10.6. The number of aromatic nitrogens is 2. The first-order valence-electron chi connectivity index (χ1n) is 32.5. The molecule has 0 atom stereocenters. The minimum atomic E-state index is -0.571. The summed E-state index contributed by atoms with van der Waals surface area (Å²) >= 11 is 11.8. The molecule has 6 aromatic rings. The average molecular weight is 1430 g/mol. The number of nitrogens with two attached hydrogens (primary N) is 1. The van der Waals surface area contributed by atoms with Gasteiger partial charge in [-0.1, -0.05) is 101 Å². The van der Waals surface area contributed by atoms with E-state index in [1.807, 2.05) is 6.92 Å². The van der Waals surface area contributed by atoms with E-state index in [2.05, 4.69) is 46.7 Å². The molecule has 2 aromatic heterocycles. The normalized spacial score (nSPS) is 11.2. The summed E-state index contributed by atoms with van der Waals surface area (Å²) in [5, 5.41) is 34.1. The zero-order valence-electron chi connectivity index (χ0n) is 56.9. The Morgan fingerprint density at radius 3 is 1.29 bits per heavy atom. The van der Waals surface area contributed by atoms with Crippen LogP contribution in [-0.2, 0) is 33.6 Å². The molecule has 0 unspecified atom stereocenters. The van der Waals surface area contributed by atoms with Gasteiger partial charge in [-0.25, -0.2) is 14.8 Å². The maximum absolute atomic E-state index is 13.3. The van der Waals surface area contributed by atoms with Gasteiger partial charge in [-0.2, -0.15) is 0 Å². The van der Waals surface area contributed by atoms with Crippen molar-refractivity contribution < 1.29 is 62.3 Å². The molecule has 540 valence electrons. The molecule has 0 bridgehead atoms. The van der Waals surface area contributed by atoms with E-state index in [-0.39, 0.29) is 97.4 Å². The van der Waals surface area contributed by atoms with E-state index in [0.717, 1.165) is 57.8 Å². The lowest BCUT2D eigenvalue weighted by Crippen LogP contribution is -2.31. The largest absolute Gasteiger partial charge is 0.484 e. The molecule has 101 heavy (non-hydrogen) atoms. The molecule has 0 aliphatic carbocycles. The topological polar surface area (TPSA) is 380 Å². The number of pyridine rings is 2. The first-order chi connectivity index (χ1) is 47.9. The highest BCUT2D eigenvalue weighted by Gasteiger charge is 2.32. The van der Waals surface area contributed by atoms with Crippen molar-refractivity contribution in [1.29, 1.82) is 10.8 Å². The second-order valence-corrected chi connectivity index (χ2v) is 23.8. The molecule has 0 spiro atoms. The van der Waals surface area contributed by atoms with Crippen LogP contribution in [-0.4, -0.2) is 157 Å². The number of ether oxygens (including phenoxy) is 2. The highest BCUT2D eigenvalue weighted by Crippen LogP contribution is 2.27. The number of halogens is 2. The van der Waals surface area contributed by atoms with Gasteiger partial charge in [0.1, 0.15) is 40.6 Å². The second kappa shape index (κ2) is 43.7. The summed E-state index contributed by atoms with van der Waals surface area (Å²) in [6.07, 6.45) is 13.0. The zero-order valence-corrected chi connectivity index (χ0v) is 58.4. The van der Waals surface area contributed by atoms with Gasteiger partial charge in [0.05, 0.1) is 32.5 Å². The quantitative estimate of drug-likeness (QED) is 0.00800. The van der Waals surface area contributed by atoms with Crippen LogP contribution in [0.25, 0.3) is 0 Å². The van der Waals surface area contributed by atoms with Crippen molar-refractivity contribution in [3.8, 4) is 11.5 Å². The number of hydrogen-bond donors (Lipinski definition) is 9. The molecule has 29 heteroatoms. The van der Waals surface area contributed by atoms with Crippen LogP contribution < -0.4 is 47.1 Å². The van der Waals surface area contributed by atoms with Crippen molar-refractivity contribution in [1.82, 2.24) is 35.5 Å². The van der Waals surface area contributed by atoms with Crippen LogP contribution in [0.1, 0.15) is 164 Å². The van der Waals surface area contributed by atoms with Crippen LogP contribution >= 0.6 is 23.2 Å². The number of rotatable bonds is 33. The number of nitrogens with one attached hydrogen (secondary N) is 8. The lowest BCUT2D eigenvalue weighted by molar-refractivity contribution is -0.197. The van der Waals surface area contributed by atoms with Gasteiger partial charge in [0.15, 0.2) is 13.2 Å². The molecule has 1 aliphatic heterocycles. The van der Waals surface area contributed by atoms with Gasteiger partial charge >= 0.3 is 5.97 Å². The molecule has 10 N–H and O–H groups in total. The van der Waals surface area contributed by atoms with E-state index in [1.165, 1.54) is 36.7 Å². The average Bonchev–Trinajstić information content (AvgIpc) is 1.36. The summed E-state index contributed by atoms with van der Waals surface area (Å²) in [4.78, 5) is 137. The SMILES string of the molecule is C.CCC(=O)CCCCCCCNC(=O)COc1ccc(NC(=O)c2ccc(C(=N)N(C)C)cc2)c(C(=O)Nc2ccc(Cl)cn2)c1.CCC(=O)ON1C(=O)CCC1=O.CN(C)C(=N)c1ccc(C(=O)Nc2ccc(OCC(=O)NCCCCCCN)cc2C(=O)Nc2ccc(Cl)cn2)cc1. The number of unbranched alkanes of at least 4 members (excludes halogenated alkanes) is 7. The molecule has 1 saturated heterocycles. The Bertz CT molecular complexity index is 3790. The van der Waals surface area contributed by atoms with Crippen LogP contribution in [0.15, 0.2) is 122 Å². The minimum absolute atomic E-state index is 0. The van der Waals surface area contributed by atoms with Crippen LogP contribution in [0, 0.1) is 10.8 Å². The Kier molecular flexibility index (Phi) is 35.8. The molecular weight excluding hydrogens is 1340 g/mol. The van der Waals surface area contributed by atoms with Gasteiger partial charge in [0.2, 0.25) is 0 Å². The number of hydrogen-bond acceptors (Lipinski definition) is 18. The van der Waals surface area contributed by atoms with Gasteiger partial charge < -0.3 is 61.7 Å². The van der Waals surface area contributed by atoms with Crippen molar-refractivity contribution in [3.05, 3.63) is 165 Å². The van der Waals surface area contributed by atoms with Gasteiger partial charge in [-0.15, -0.1) is 5.06 Å². The summed E-state index contributed by atoms with van der Waals surface area (Å²) < 4.78 is 11.3. The monoisotopic (exact) mass is 1430 g/mol. The van der Waals surface area contributed by atoms with Gasteiger partial charge in [-0.05, 0) is 117 Å². The Morgan fingerprint density at radius 2 is 0.911 bits per heavy atom. The number of anilines is 4. The van der Waals surface area contributed by atoms with Gasteiger partial charge in [0.25, 0.3) is 47.3 Å². The highest BCUT2D eigenvalue weighted by atomic mass is 35.5. The standard InChI is InChI=1S/C34H41ClN6O5.C30H36ClN7O4.C7H9NO4.CH4/c1-4-26(42)10-8-6-5-7-9-19-37-31(43)22-46-27-16-17-29(28(20-27)34(45)40-30-18-15-25(35)21-38-30)39-33(44)24-13-11-23(12-14-24)32(36)41(2)3;1-38(2)28(33)20-7-9-21(10-8-20)29(40)36-25-13-12-23(42-19-27(39)34-16-6-4-3-5-15-32)17-24(25)30(41)37-26-14-11-22(31)18-35-26;1-2-7(11)12-8-5(9)3-4-6(8)10;/h11-18,20-21,36H,4-10,19,22H2,1-3H3,(H,37,43)(H,39,44)(H,38,40,45);7-14,17-18,33H,3-6,15-16,19,32H2,1-2H3,(H,34,39)(H,36,40)(H,35,37,41);2-4H2,1H3;1H4. The Morgan fingerprint density at radius 1 is 0.515 bits per heavy atom. The van der Waals surface area contributed by atoms with E-state index in [9.17, 15) is 47.9 Å². The summed E-state index contributed by atoms with van der Waals surface area (Å²) in [6, 6.07) is 28.5. The number of carbonyl (C=O) groups is 10. The number of amides is 8. The Labute approximate surface area is 598 Å². The van der Waals surface area contributed by atoms with E-state index < -0.39 is 41.4 Å². The third kappa shape index (κ3) is 29.0. The number of hydroxylamine groups is 2. The van der Waals surface area contributed by atoms with Crippen molar-refractivity contribution in [2.75, 3.05) is 82.3 Å². The number of imide groups is 1. The fourth-order valence-corrected chi connectivity index (χ4v) is 9.23. The zero-order chi connectivity index (χ0) is 73.1. The third-order valence-electron chi connectivity index (χ3n) is 14.7. The third-order valence-corrected chi connectivity index (χ3v) is 15.1. The fraction of sp³-hybridized carbons (Fsp3) is 0.361. The maximum Gasteiger partial charge on any atom is 0.332 e. The predicted octanol–water partition coefficient (Wildman–Crippen LogP) is 10.7. The van der Waals surface area contributed by atoms with E-state index in [0.29, 0.717) is 87.3 Å². The first-order valence-corrected chi connectivity index (χ1v) is 33.2. The van der Waals surface area contributed by atoms with E-state index in [1.54, 1.807) is 130 Å². The molecule has 1 aliphatic rings. The van der Waals surface area contributed by atoms with Crippen molar-refractivity contribution in [2.24, 2.45) is 5.73 Å². The fourth-order valence-electron chi connectivity index (χ4n) is 9.01. The molecule has 8 amide bonds. The van der Waals surface area contributed by atoms with Crippen LogP contribution in [0.3, 0.4) is 0 Å². The summed E-state index contributed by atoms with van der Waals surface area (Å²) in [7, 11) is 7.06. The summed E-state index contributed by atoms with van der Waals surface area (Å²) in [5.74, 6) is -2.10. The number of carbonyl (C=O) groups excluding carboxylic acids is 10. The summed E-state index contributed by atoms with van der Waals surface area (Å²) in [5.41, 5.74) is 8.12. The van der Waals surface area contributed by atoms with Gasteiger partial charge in [0, 0.05) is 108 Å². The van der Waals surface area contributed by atoms with E-state index in [4.69, 9.17) is 49.2 Å². The molecular formula is C72H90Cl2N14O13. The molecule has 0 saturated carbocycles. The summed E-state index contributed by atoms with van der Waals surface area (Å²) in [6.45, 7) is 4.70. The number of nitrogens with zero attached hydrogens (tertiary/aromatic N) is 5. The van der Waals surface area contributed by atoms with Crippen LogP contribution in [0.2, 0.25) is 10.0 Å². The second-order valence-electron chi connectivity index (χ2n) is 22.9. The predicted molar refractivity (Wildman–Crippen MR) is 389 cm³/mol. The minimum Gasteiger partial charge on any atom is -0.484 e. The first kappa shape index (κ1) is 82.8.